The van der Waals surface area contributed by atoms with Crippen molar-refractivity contribution in [1.29, 1.82) is 0 Å². The van der Waals surface area contributed by atoms with Gasteiger partial charge in [-0.15, -0.1) is 0 Å². The van der Waals surface area contributed by atoms with Crippen molar-refractivity contribution in [2.24, 2.45) is 0 Å². The first kappa shape index (κ1) is 17.8. The van der Waals surface area contributed by atoms with E-state index in [0.717, 1.165) is 24.5 Å². The number of carbonyl (C=O) groups is 1. The van der Waals surface area contributed by atoms with Crippen molar-refractivity contribution < 1.29 is 17.9 Å². The Hall–Kier alpha value is -1.96. The van der Waals surface area contributed by atoms with Gasteiger partial charge in [0.25, 0.3) is 0 Å². The first-order valence-corrected chi connectivity index (χ1v) is 10.3. The van der Waals surface area contributed by atoms with E-state index in [2.05, 4.69) is 4.90 Å². The Morgan fingerprint density at radius 1 is 1.16 bits per heavy atom. The van der Waals surface area contributed by atoms with Gasteiger partial charge in [-0.25, -0.2) is 13.2 Å². The summed E-state index contributed by atoms with van der Waals surface area (Å²) in [5, 5.41) is 0. The number of benzene rings is 1. The molecule has 0 N–H and O–H groups in total. The fourth-order valence-corrected chi connectivity index (χ4v) is 5.18. The molecular formula is C17H25N3O4S. The molecule has 2 saturated heterocycles. The van der Waals surface area contributed by atoms with E-state index in [1.165, 1.54) is 0 Å². The second kappa shape index (κ2) is 7.11. The molecule has 8 heteroatoms. The molecule has 7 nitrogen and oxygen atoms in total. The summed E-state index contributed by atoms with van der Waals surface area (Å²) < 4.78 is 28.4. The van der Waals surface area contributed by atoms with Crippen LogP contribution < -0.4 is 9.64 Å². The van der Waals surface area contributed by atoms with Crippen molar-refractivity contribution in [3.8, 4) is 5.75 Å². The van der Waals surface area contributed by atoms with Gasteiger partial charge < -0.3 is 19.4 Å². The number of amides is 2. The fourth-order valence-electron chi connectivity index (χ4n) is 3.41. The van der Waals surface area contributed by atoms with Gasteiger partial charge >= 0.3 is 6.03 Å². The molecule has 1 aromatic rings. The SMILES string of the molecule is COc1ccc(N2CCN(C(=O)N(C)C3CCS(=O)(=O)C3)CC2)cc1. The molecule has 1 aromatic carbocycles. The Morgan fingerprint density at radius 3 is 2.32 bits per heavy atom. The largest absolute Gasteiger partial charge is 0.497 e. The van der Waals surface area contributed by atoms with Gasteiger partial charge in [-0.3, -0.25) is 0 Å². The maximum Gasteiger partial charge on any atom is 0.320 e. The summed E-state index contributed by atoms with van der Waals surface area (Å²) in [6.07, 6.45) is 0.538. The zero-order valence-corrected chi connectivity index (χ0v) is 15.5. The second-order valence-electron chi connectivity index (χ2n) is 6.62. The summed E-state index contributed by atoms with van der Waals surface area (Å²) in [4.78, 5) is 18.3. The third kappa shape index (κ3) is 4.00. The second-order valence-corrected chi connectivity index (χ2v) is 8.85. The molecule has 0 spiro atoms. The molecule has 2 heterocycles. The van der Waals surface area contributed by atoms with Crippen LogP contribution in [0.5, 0.6) is 5.75 Å². The quantitative estimate of drug-likeness (QED) is 0.799. The molecule has 2 amide bonds. The van der Waals surface area contributed by atoms with Crippen LogP contribution in [0, 0.1) is 0 Å². The normalized spacial score (nSPS) is 22.7. The average molecular weight is 367 g/mol. The van der Waals surface area contributed by atoms with Crippen molar-refractivity contribution in [2.75, 3.05) is 56.7 Å². The van der Waals surface area contributed by atoms with Crippen molar-refractivity contribution in [3.63, 3.8) is 0 Å². The zero-order valence-electron chi connectivity index (χ0n) is 14.7. The molecular weight excluding hydrogens is 342 g/mol. The molecule has 0 radical (unpaired) electrons. The van der Waals surface area contributed by atoms with E-state index >= 15 is 0 Å². The molecule has 2 aliphatic rings. The summed E-state index contributed by atoms with van der Waals surface area (Å²) in [5.74, 6) is 1.09. The maximum atomic E-state index is 12.6. The Bertz CT molecular complexity index is 712. The third-order valence-electron chi connectivity index (χ3n) is 5.05. The number of ether oxygens (including phenoxy) is 1. The van der Waals surface area contributed by atoms with Gasteiger partial charge in [0.1, 0.15) is 5.75 Å². The highest BCUT2D eigenvalue weighted by Crippen LogP contribution is 2.22. The van der Waals surface area contributed by atoms with Gasteiger partial charge in [-0.05, 0) is 30.7 Å². The van der Waals surface area contributed by atoms with Crippen molar-refractivity contribution >= 4 is 21.6 Å². The predicted molar refractivity (Wildman–Crippen MR) is 97.0 cm³/mol. The number of urea groups is 1. The number of anilines is 1. The molecule has 0 saturated carbocycles. The highest BCUT2D eigenvalue weighted by atomic mass is 32.2. The topological polar surface area (TPSA) is 70.2 Å². The van der Waals surface area contributed by atoms with Gasteiger partial charge in [0, 0.05) is 45.0 Å². The summed E-state index contributed by atoms with van der Waals surface area (Å²) in [5.41, 5.74) is 1.11. The van der Waals surface area contributed by atoms with E-state index < -0.39 is 9.84 Å². The van der Waals surface area contributed by atoms with Gasteiger partial charge in [-0.1, -0.05) is 0 Å². The number of nitrogens with zero attached hydrogens (tertiary/aromatic N) is 3. The van der Waals surface area contributed by atoms with E-state index in [1.807, 2.05) is 29.2 Å². The van der Waals surface area contributed by atoms with E-state index in [-0.39, 0.29) is 23.6 Å². The highest BCUT2D eigenvalue weighted by molar-refractivity contribution is 7.91. The minimum atomic E-state index is -2.99. The van der Waals surface area contributed by atoms with Crippen molar-refractivity contribution in [3.05, 3.63) is 24.3 Å². The molecule has 2 aliphatic heterocycles. The van der Waals surface area contributed by atoms with Crippen LogP contribution >= 0.6 is 0 Å². The fraction of sp³-hybridized carbons (Fsp3) is 0.588. The molecule has 3 rings (SSSR count). The number of hydrogen-bond acceptors (Lipinski definition) is 5. The lowest BCUT2D eigenvalue weighted by Crippen LogP contribution is -2.54. The molecule has 0 aromatic heterocycles. The minimum Gasteiger partial charge on any atom is -0.497 e. The number of carbonyl (C=O) groups excluding carboxylic acids is 1. The van der Waals surface area contributed by atoms with Crippen LogP contribution in [-0.2, 0) is 9.84 Å². The first-order valence-electron chi connectivity index (χ1n) is 8.51. The maximum absolute atomic E-state index is 12.6. The Labute approximate surface area is 149 Å². The number of piperazine rings is 1. The van der Waals surface area contributed by atoms with E-state index in [4.69, 9.17) is 4.74 Å². The molecule has 138 valence electrons. The summed E-state index contributed by atoms with van der Waals surface area (Å²) >= 11 is 0. The predicted octanol–water partition coefficient (Wildman–Crippen LogP) is 1.06. The van der Waals surface area contributed by atoms with Gasteiger partial charge in [0.05, 0.1) is 18.6 Å². The van der Waals surface area contributed by atoms with Gasteiger partial charge in [-0.2, -0.15) is 0 Å². The van der Waals surface area contributed by atoms with Crippen molar-refractivity contribution in [1.82, 2.24) is 9.80 Å². The first-order chi connectivity index (χ1) is 11.9. The average Bonchev–Trinajstić information content (AvgIpc) is 3.00. The summed E-state index contributed by atoms with van der Waals surface area (Å²) in [6.45, 7) is 2.78. The molecule has 1 unspecified atom stereocenters. The molecule has 1 atom stereocenters. The van der Waals surface area contributed by atoms with E-state index in [9.17, 15) is 13.2 Å². The van der Waals surface area contributed by atoms with Crippen LogP contribution in [-0.4, -0.2) is 82.1 Å². The van der Waals surface area contributed by atoms with Crippen LogP contribution in [0.2, 0.25) is 0 Å². The lowest BCUT2D eigenvalue weighted by atomic mass is 10.2. The van der Waals surface area contributed by atoms with Crippen LogP contribution in [0.3, 0.4) is 0 Å². The standard InChI is InChI=1S/C17H25N3O4S/c1-18(15-7-12-25(22,23)13-15)17(21)20-10-8-19(9-11-20)14-3-5-16(24-2)6-4-14/h3-6,15H,7-13H2,1-2H3. The van der Waals surface area contributed by atoms with Crippen LogP contribution in [0.1, 0.15) is 6.42 Å². The van der Waals surface area contributed by atoms with E-state index in [0.29, 0.717) is 19.5 Å². The lowest BCUT2D eigenvalue weighted by Gasteiger charge is -2.38. The van der Waals surface area contributed by atoms with E-state index in [1.54, 1.807) is 19.1 Å². The molecule has 25 heavy (non-hydrogen) atoms. The summed E-state index contributed by atoms with van der Waals surface area (Å²) in [7, 11) is 0.370. The minimum absolute atomic E-state index is 0.0727. The van der Waals surface area contributed by atoms with Gasteiger partial charge in [0.15, 0.2) is 9.84 Å². The number of hydrogen-bond donors (Lipinski definition) is 0. The Morgan fingerprint density at radius 2 is 1.80 bits per heavy atom. The third-order valence-corrected chi connectivity index (χ3v) is 6.80. The zero-order chi connectivity index (χ0) is 18.0. The Balaban J connectivity index is 1.55. The molecule has 0 aliphatic carbocycles. The summed E-state index contributed by atoms with van der Waals surface area (Å²) in [6, 6.07) is 7.63. The number of sulfone groups is 1. The van der Waals surface area contributed by atoms with Crippen molar-refractivity contribution in [2.45, 2.75) is 12.5 Å². The highest BCUT2D eigenvalue weighted by Gasteiger charge is 2.35. The molecule has 0 bridgehead atoms. The number of methoxy groups -OCH3 is 1. The lowest BCUT2D eigenvalue weighted by molar-refractivity contribution is 0.147. The molecule has 2 fully saturated rings. The smallest absolute Gasteiger partial charge is 0.320 e. The van der Waals surface area contributed by atoms with Crippen LogP contribution in [0.4, 0.5) is 10.5 Å². The number of rotatable bonds is 3. The van der Waals surface area contributed by atoms with Crippen LogP contribution in [0.15, 0.2) is 24.3 Å². The Kier molecular flexibility index (Phi) is 5.08. The van der Waals surface area contributed by atoms with Crippen LogP contribution in [0.25, 0.3) is 0 Å². The monoisotopic (exact) mass is 367 g/mol. The van der Waals surface area contributed by atoms with Gasteiger partial charge in [0.2, 0.25) is 0 Å².